The smallest absolute Gasteiger partial charge is 0.0790 e. The Kier molecular flexibility index (Phi) is 3.91. The predicted molar refractivity (Wildman–Crippen MR) is 73.7 cm³/mol. The van der Waals surface area contributed by atoms with E-state index in [-0.39, 0.29) is 0 Å². The van der Waals surface area contributed by atoms with Crippen LogP contribution in [0, 0.1) is 0 Å². The summed E-state index contributed by atoms with van der Waals surface area (Å²) in [5.41, 5.74) is 5.37. The Labute approximate surface area is 113 Å². The zero-order valence-corrected chi connectivity index (χ0v) is 11.0. The lowest BCUT2D eigenvalue weighted by molar-refractivity contribution is -0.0244. The molecule has 3 rings (SSSR count). The van der Waals surface area contributed by atoms with Crippen molar-refractivity contribution >= 4 is 0 Å². The summed E-state index contributed by atoms with van der Waals surface area (Å²) < 4.78 is 1.85. The highest BCUT2D eigenvalue weighted by molar-refractivity contribution is 5.33. The Morgan fingerprint density at radius 1 is 1.21 bits per heavy atom. The van der Waals surface area contributed by atoms with Gasteiger partial charge in [-0.2, -0.15) is 10.6 Å². The van der Waals surface area contributed by atoms with Crippen LogP contribution in [0.4, 0.5) is 0 Å². The fourth-order valence-electron chi connectivity index (χ4n) is 2.44. The third kappa shape index (κ3) is 3.22. The van der Waals surface area contributed by atoms with Crippen LogP contribution in [0.5, 0.6) is 0 Å². The standard InChI is InChI=1S/C15H19N3O/c1-2-5-15(4-1)19-17-12-13-6-8-14(9-7-13)18-11-3-10-16-18/h3,6-11,15,17H,1-2,4-5,12H2. The summed E-state index contributed by atoms with van der Waals surface area (Å²) in [6, 6.07) is 10.3. The van der Waals surface area contributed by atoms with Crippen molar-refractivity contribution in [1.82, 2.24) is 15.3 Å². The van der Waals surface area contributed by atoms with Gasteiger partial charge in [0.15, 0.2) is 0 Å². The number of nitrogens with one attached hydrogen (secondary N) is 1. The van der Waals surface area contributed by atoms with E-state index in [4.69, 9.17) is 4.84 Å². The molecule has 100 valence electrons. The zero-order valence-electron chi connectivity index (χ0n) is 11.0. The molecule has 0 spiro atoms. The van der Waals surface area contributed by atoms with Gasteiger partial charge in [-0.05, 0) is 36.6 Å². The van der Waals surface area contributed by atoms with Crippen LogP contribution in [0.3, 0.4) is 0 Å². The van der Waals surface area contributed by atoms with Crippen molar-refractivity contribution in [3.05, 3.63) is 48.3 Å². The second-order valence-corrected chi connectivity index (χ2v) is 4.96. The molecular formula is C15H19N3O. The van der Waals surface area contributed by atoms with E-state index in [0.29, 0.717) is 6.10 Å². The Hall–Kier alpha value is -1.65. The highest BCUT2D eigenvalue weighted by Gasteiger charge is 2.15. The quantitative estimate of drug-likeness (QED) is 0.837. The molecule has 0 unspecified atom stereocenters. The summed E-state index contributed by atoms with van der Waals surface area (Å²) in [6.45, 7) is 0.746. The summed E-state index contributed by atoms with van der Waals surface area (Å²) in [4.78, 5) is 5.64. The van der Waals surface area contributed by atoms with E-state index in [1.54, 1.807) is 6.20 Å². The molecule has 0 radical (unpaired) electrons. The van der Waals surface area contributed by atoms with E-state index in [9.17, 15) is 0 Å². The van der Waals surface area contributed by atoms with E-state index in [1.807, 2.05) is 16.9 Å². The van der Waals surface area contributed by atoms with Crippen LogP contribution in [0.25, 0.3) is 5.69 Å². The van der Waals surface area contributed by atoms with Crippen LogP contribution in [0.2, 0.25) is 0 Å². The first-order valence-electron chi connectivity index (χ1n) is 6.89. The minimum absolute atomic E-state index is 0.406. The molecule has 0 aliphatic heterocycles. The Morgan fingerprint density at radius 2 is 2.00 bits per heavy atom. The third-order valence-electron chi connectivity index (χ3n) is 3.53. The molecule has 1 N–H and O–H groups in total. The Bertz CT molecular complexity index is 487. The van der Waals surface area contributed by atoms with Gasteiger partial charge in [0, 0.05) is 18.9 Å². The number of hydrogen-bond acceptors (Lipinski definition) is 3. The van der Waals surface area contributed by atoms with E-state index < -0.39 is 0 Å². The molecule has 1 fully saturated rings. The van der Waals surface area contributed by atoms with Crippen LogP contribution < -0.4 is 5.48 Å². The van der Waals surface area contributed by atoms with Crippen molar-refractivity contribution in [2.75, 3.05) is 0 Å². The Balaban J connectivity index is 1.51. The fourth-order valence-corrected chi connectivity index (χ4v) is 2.44. The predicted octanol–water partition coefficient (Wildman–Crippen LogP) is 2.84. The average Bonchev–Trinajstić information content (AvgIpc) is 3.13. The van der Waals surface area contributed by atoms with E-state index >= 15 is 0 Å². The van der Waals surface area contributed by atoms with Crippen molar-refractivity contribution in [3.8, 4) is 5.69 Å². The fraction of sp³-hybridized carbons (Fsp3) is 0.400. The lowest BCUT2D eigenvalue weighted by Gasteiger charge is -2.11. The molecule has 0 amide bonds. The molecular weight excluding hydrogens is 238 g/mol. The maximum Gasteiger partial charge on any atom is 0.0790 e. The van der Waals surface area contributed by atoms with Gasteiger partial charge in [0.1, 0.15) is 0 Å². The van der Waals surface area contributed by atoms with Gasteiger partial charge in [-0.25, -0.2) is 4.68 Å². The number of rotatable bonds is 5. The molecule has 0 bridgehead atoms. The van der Waals surface area contributed by atoms with Crippen LogP contribution in [0.1, 0.15) is 31.2 Å². The van der Waals surface area contributed by atoms with Gasteiger partial charge in [0.25, 0.3) is 0 Å². The van der Waals surface area contributed by atoms with Gasteiger partial charge in [-0.3, -0.25) is 4.84 Å². The minimum atomic E-state index is 0.406. The zero-order chi connectivity index (χ0) is 12.9. The first kappa shape index (κ1) is 12.4. The molecule has 1 aliphatic carbocycles. The average molecular weight is 257 g/mol. The van der Waals surface area contributed by atoms with Gasteiger partial charge in [-0.1, -0.05) is 25.0 Å². The maximum absolute atomic E-state index is 5.64. The number of hydrogen-bond donors (Lipinski definition) is 1. The van der Waals surface area contributed by atoms with Gasteiger partial charge in [-0.15, -0.1) is 0 Å². The molecule has 2 aromatic rings. The van der Waals surface area contributed by atoms with E-state index in [1.165, 1.54) is 31.2 Å². The van der Waals surface area contributed by atoms with Crippen molar-refractivity contribution in [3.63, 3.8) is 0 Å². The molecule has 19 heavy (non-hydrogen) atoms. The number of benzene rings is 1. The highest BCUT2D eigenvalue weighted by atomic mass is 16.7. The van der Waals surface area contributed by atoms with Gasteiger partial charge in [0.05, 0.1) is 11.8 Å². The molecule has 1 heterocycles. The van der Waals surface area contributed by atoms with Crippen LogP contribution in [-0.2, 0) is 11.4 Å². The SMILES string of the molecule is c1cnn(-c2ccc(CNOC3CCCC3)cc2)c1. The number of nitrogens with zero attached hydrogens (tertiary/aromatic N) is 2. The topological polar surface area (TPSA) is 39.1 Å². The molecule has 1 aliphatic rings. The monoisotopic (exact) mass is 257 g/mol. The summed E-state index contributed by atoms with van der Waals surface area (Å²) in [5, 5.41) is 4.21. The summed E-state index contributed by atoms with van der Waals surface area (Å²) in [7, 11) is 0. The normalized spacial score (nSPS) is 16.0. The largest absolute Gasteiger partial charge is 0.298 e. The van der Waals surface area contributed by atoms with Crippen LogP contribution in [0.15, 0.2) is 42.7 Å². The second kappa shape index (κ2) is 5.99. The van der Waals surface area contributed by atoms with Crippen molar-refractivity contribution in [2.45, 2.75) is 38.3 Å². The minimum Gasteiger partial charge on any atom is -0.298 e. The number of hydroxylamine groups is 1. The summed E-state index contributed by atoms with van der Waals surface area (Å²) in [5.74, 6) is 0. The first-order chi connectivity index (χ1) is 9.42. The first-order valence-corrected chi connectivity index (χ1v) is 6.89. The van der Waals surface area contributed by atoms with E-state index in [2.05, 4.69) is 34.8 Å². The third-order valence-corrected chi connectivity index (χ3v) is 3.53. The molecule has 1 saturated carbocycles. The molecule has 4 heteroatoms. The Morgan fingerprint density at radius 3 is 2.68 bits per heavy atom. The number of aromatic nitrogens is 2. The van der Waals surface area contributed by atoms with Crippen molar-refractivity contribution in [1.29, 1.82) is 0 Å². The molecule has 0 atom stereocenters. The molecule has 1 aromatic heterocycles. The van der Waals surface area contributed by atoms with Crippen molar-refractivity contribution < 1.29 is 4.84 Å². The lowest BCUT2D eigenvalue weighted by Crippen LogP contribution is -2.21. The van der Waals surface area contributed by atoms with Gasteiger partial charge in [0.2, 0.25) is 0 Å². The summed E-state index contributed by atoms with van der Waals surface area (Å²) >= 11 is 0. The molecule has 0 saturated heterocycles. The van der Waals surface area contributed by atoms with Crippen LogP contribution in [-0.4, -0.2) is 15.9 Å². The summed E-state index contributed by atoms with van der Waals surface area (Å²) in [6.07, 6.45) is 9.09. The van der Waals surface area contributed by atoms with Crippen LogP contribution >= 0.6 is 0 Å². The van der Waals surface area contributed by atoms with Crippen molar-refractivity contribution in [2.24, 2.45) is 0 Å². The van der Waals surface area contributed by atoms with Gasteiger partial charge < -0.3 is 0 Å². The maximum atomic E-state index is 5.64. The molecule has 1 aromatic carbocycles. The highest BCUT2D eigenvalue weighted by Crippen LogP contribution is 2.20. The second-order valence-electron chi connectivity index (χ2n) is 4.96. The lowest BCUT2D eigenvalue weighted by atomic mass is 10.2. The van der Waals surface area contributed by atoms with E-state index in [0.717, 1.165) is 12.2 Å². The molecule has 4 nitrogen and oxygen atoms in total. The van der Waals surface area contributed by atoms with Gasteiger partial charge >= 0.3 is 0 Å².